The molecule has 2 heterocycles. The largest absolute Gasteiger partial charge is 0.477 e. The second-order valence-corrected chi connectivity index (χ2v) is 4.56. The molecule has 0 aromatic carbocycles. The lowest BCUT2D eigenvalue weighted by Crippen LogP contribution is -2.13. The molecular weight excluding hydrogens is 254 g/mol. The maximum Gasteiger partial charge on any atom is 0.352 e. The molecular formula is C12H12ClN3O2. The first kappa shape index (κ1) is 9.33. The van der Waals surface area contributed by atoms with Crippen LogP contribution in [0.25, 0.3) is 11.0 Å². The fraction of sp³-hybridized carbons (Fsp3) is 0.417. The second kappa shape index (κ2) is 4.24. The van der Waals surface area contributed by atoms with Crippen LogP contribution in [-0.4, -0.2) is 25.6 Å². The molecule has 0 bridgehead atoms. The summed E-state index contributed by atoms with van der Waals surface area (Å²) in [5.41, 5.74) is 0.552. The molecule has 5 nitrogen and oxygen atoms in total. The van der Waals surface area contributed by atoms with Gasteiger partial charge in [-0.05, 0) is 30.5 Å². The normalized spacial score (nSPS) is 29.3. The fourth-order valence-electron chi connectivity index (χ4n) is 2.34. The van der Waals surface area contributed by atoms with Crippen LogP contribution in [0.2, 0.25) is 5.28 Å². The molecule has 0 radical (unpaired) electrons. The van der Waals surface area contributed by atoms with Crippen LogP contribution in [0.3, 0.4) is 0 Å². The van der Waals surface area contributed by atoms with Crippen LogP contribution >= 0.6 is 11.6 Å². The van der Waals surface area contributed by atoms with E-state index in [-0.39, 0.29) is 17.0 Å². The molecule has 2 unspecified atom stereocenters. The van der Waals surface area contributed by atoms with Crippen LogP contribution < -0.4 is 0 Å². The standard InChI is InChI=1S/C12H12ClN3O2/c13-12-14-6-7-5-9(11(17)18)16(10(7)15-12)8-3-1-2-4-8/h5-6,8H,1-4H2,(H,17,18)/i1D,2D. The van der Waals surface area contributed by atoms with Crippen LogP contribution in [0.4, 0.5) is 0 Å². The van der Waals surface area contributed by atoms with Crippen LogP contribution in [0.15, 0.2) is 12.3 Å². The summed E-state index contributed by atoms with van der Waals surface area (Å²) in [4.78, 5) is 19.4. The van der Waals surface area contributed by atoms with Crippen molar-refractivity contribution in [3.05, 3.63) is 23.2 Å². The lowest BCUT2D eigenvalue weighted by atomic mass is 10.2. The van der Waals surface area contributed by atoms with Crippen molar-refractivity contribution in [2.75, 3.05) is 0 Å². The molecule has 3 rings (SSSR count). The summed E-state index contributed by atoms with van der Waals surface area (Å²) in [7, 11) is 0. The highest BCUT2D eigenvalue weighted by Crippen LogP contribution is 2.34. The quantitative estimate of drug-likeness (QED) is 0.850. The highest BCUT2D eigenvalue weighted by molar-refractivity contribution is 6.28. The molecule has 2 aromatic heterocycles. The molecule has 6 heteroatoms. The van der Waals surface area contributed by atoms with E-state index in [1.54, 1.807) is 4.57 Å². The van der Waals surface area contributed by atoms with E-state index in [0.29, 0.717) is 23.9 Å². The van der Waals surface area contributed by atoms with Crippen molar-refractivity contribution in [1.82, 2.24) is 14.5 Å². The highest BCUT2D eigenvalue weighted by Gasteiger charge is 2.25. The Balaban J connectivity index is 2.18. The first-order valence-corrected chi connectivity index (χ1v) is 5.96. The van der Waals surface area contributed by atoms with Crippen molar-refractivity contribution in [3.8, 4) is 0 Å². The number of rotatable bonds is 2. The average molecular weight is 268 g/mol. The Morgan fingerprint density at radius 1 is 1.56 bits per heavy atom. The predicted octanol–water partition coefficient (Wildman–Crippen LogP) is 2.90. The Bertz CT molecular complexity index is 681. The monoisotopic (exact) mass is 267 g/mol. The van der Waals surface area contributed by atoms with Gasteiger partial charge in [0.05, 0.1) is 0 Å². The van der Waals surface area contributed by atoms with Crippen LogP contribution in [0.5, 0.6) is 0 Å². The topological polar surface area (TPSA) is 68.0 Å². The van der Waals surface area contributed by atoms with Crippen LogP contribution in [0, 0.1) is 0 Å². The minimum Gasteiger partial charge on any atom is -0.477 e. The zero-order valence-electron chi connectivity index (χ0n) is 11.4. The van der Waals surface area contributed by atoms with Gasteiger partial charge in [-0.2, -0.15) is 4.98 Å². The third kappa shape index (κ3) is 1.75. The van der Waals surface area contributed by atoms with E-state index in [4.69, 9.17) is 14.3 Å². The zero-order chi connectivity index (χ0) is 14.4. The summed E-state index contributed by atoms with van der Waals surface area (Å²) in [5, 5.41) is 9.98. The number of carbonyl (C=O) groups is 1. The van der Waals surface area contributed by atoms with Crippen molar-refractivity contribution in [1.29, 1.82) is 0 Å². The van der Waals surface area contributed by atoms with Crippen molar-refractivity contribution >= 4 is 28.6 Å². The zero-order valence-corrected chi connectivity index (χ0v) is 10.1. The number of aromatic nitrogens is 3. The molecule has 0 amide bonds. The van der Waals surface area contributed by atoms with E-state index >= 15 is 0 Å². The summed E-state index contributed by atoms with van der Waals surface area (Å²) in [6.07, 6.45) is 1.37. The first-order valence-electron chi connectivity index (χ1n) is 6.74. The van der Waals surface area contributed by atoms with E-state index in [2.05, 4.69) is 9.97 Å². The highest BCUT2D eigenvalue weighted by atomic mass is 35.5. The maximum atomic E-state index is 11.4. The van der Waals surface area contributed by atoms with Crippen molar-refractivity contribution in [2.45, 2.75) is 31.7 Å². The van der Waals surface area contributed by atoms with Crippen LogP contribution in [-0.2, 0) is 0 Å². The molecule has 1 saturated carbocycles. The van der Waals surface area contributed by atoms with Gasteiger partial charge in [0.2, 0.25) is 5.28 Å². The Morgan fingerprint density at radius 3 is 2.94 bits per heavy atom. The van der Waals surface area contributed by atoms with Gasteiger partial charge in [-0.15, -0.1) is 0 Å². The van der Waals surface area contributed by atoms with Crippen molar-refractivity contribution in [2.24, 2.45) is 0 Å². The number of halogens is 1. The average Bonchev–Trinajstić information content (AvgIpc) is 2.90. The Labute approximate surface area is 111 Å². The molecule has 1 fully saturated rings. The number of fused-ring (bicyclic) bond motifs is 1. The van der Waals surface area contributed by atoms with Gasteiger partial charge in [-0.3, -0.25) is 0 Å². The molecule has 2 aromatic rings. The first-order chi connectivity index (χ1) is 9.47. The number of nitrogens with zero attached hydrogens (tertiary/aromatic N) is 3. The molecule has 1 N–H and O–H groups in total. The number of hydrogen-bond acceptors (Lipinski definition) is 3. The summed E-state index contributed by atoms with van der Waals surface area (Å²) in [6, 6.07) is 1.29. The van der Waals surface area contributed by atoms with E-state index in [1.807, 2.05) is 0 Å². The summed E-state index contributed by atoms with van der Waals surface area (Å²) < 4.78 is 17.2. The molecule has 94 valence electrons. The van der Waals surface area contributed by atoms with Crippen molar-refractivity contribution in [3.63, 3.8) is 0 Å². The van der Waals surface area contributed by atoms with Gasteiger partial charge in [0.1, 0.15) is 11.3 Å². The lowest BCUT2D eigenvalue weighted by molar-refractivity contribution is 0.0683. The second-order valence-electron chi connectivity index (χ2n) is 4.22. The molecule has 1 aliphatic carbocycles. The van der Waals surface area contributed by atoms with Gasteiger partial charge in [-0.1, -0.05) is 12.8 Å². The SMILES string of the molecule is [2H]C1CC(n2c(C(=O)O)cc3cnc(Cl)nc32)CC1[2H]. The van der Waals surface area contributed by atoms with Gasteiger partial charge in [-0.25, -0.2) is 9.78 Å². The molecule has 2 atom stereocenters. The van der Waals surface area contributed by atoms with E-state index in [1.165, 1.54) is 12.3 Å². The van der Waals surface area contributed by atoms with E-state index in [0.717, 1.165) is 0 Å². The van der Waals surface area contributed by atoms with Gasteiger partial charge >= 0.3 is 5.97 Å². The summed E-state index contributed by atoms with van der Waals surface area (Å²) in [6.45, 7) is 0. The summed E-state index contributed by atoms with van der Waals surface area (Å²) >= 11 is 5.79. The molecule has 18 heavy (non-hydrogen) atoms. The van der Waals surface area contributed by atoms with Crippen LogP contribution in [0.1, 0.15) is 44.9 Å². The molecule has 1 aliphatic rings. The number of carboxylic acid groups (broad SMARTS) is 1. The fourth-order valence-corrected chi connectivity index (χ4v) is 2.46. The van der Waals surface area contributed by atoms with Gasteiger partial charge in [0.15, 0.2) is 0 Å². The number of hydrogen-bond donors (Lipinski definition) is 1. The Hall–Kier alpha value is -1.62. The third-order valence-corrected chi connectivity index (χ3v) is 3.30. The Morgan fingerprint density at radius 2 is 2.28 bits per heavy atom. The molecule has 0 spiro atoms. The van der Waals surface area contributed by atoms with Gasteiger partial charge in [0.25, 0.3) is 0 Å². The molecule has 0 aliphatic heterocycles. The predicted molar refractivity (Wildman–Crippen MR) is 67.0 cm³/mol. The molecule has 0 saturated heterocycles. The maximum absolute atomic E-state index is 11.4. The van der Waals surface area contributed by atoms with E-state index < -0.39 is 18.8 Å². The van der Waals surface area contributed by atoms with Gasteiger partial charge < -0.3 is 9.67 Å². The third-order valence-electron chi connectivity index (χ3n) is 3.11. The number of aromatic carboxylic acids is 1. The lowest BCUT2D eigenvalue weighted by Gasteiger charge is -2.14. The minimum atomic E-state index is -1.06. The van der Waals surface area contributed by atoms with E-state index in [9.17, 15) is 9.90 Å². The van der Waals surface area contributed by atoms with Gasteiger partial charge in [0, 0.05) is 20.4 Å². The van der Waals surface area contributed by atoms with Crippen molar-refractivity contribution < 1.29 is 12.6 Å². The Kier molecular flexibility index (Phi) is 2.20. The summed E-state index contributed by atoms with van der Waals surface area (Å²) in [5.74, 6) is -1.06. The smallest absolute Gasteiger partial charge is 0.352 e. The number of carboxylic acids is 1. The minimum absolute atomic E-state index is 0.0524.